The third-order valence-corrected chi connectivity index (χ3v) is 4.74. The molecule has 0 saturated carbocycles. The molecule has 4 amide bonds. The summed E-state index contributed by atoms with van der Waals surface area (Å²) in [6.45, 7) is 11.9. The molecule has 9 heteroatoms. The van der Waals surface area contributed by atoms with E-state index in [9.17, 15) is 24.0 Å². The quantitative estimate of drug-likeness (QED) is 0.325. The van der Waals surface area contributed by atoms with Crippen molar-refractivity contribution in [3.05, 3.63) is 12.2 Å². The summed E-state index contributed by atoms with van der Waals surface area (Å²) in [6, 6.07) is -0.729. The molecule has 0 aromatic heterocycles. The zero-order valence-electron chi connectivity index (χ0n) is 19.3. The molecule has 0 bridgehead atoms. The maximum atomic E-state index is 12.5. The Labute approximate surface area is 183 Å². The van der Waals surface area contributed by atoms with Crippen molar-refractivity contribution in [2.75, 3.05) is 26.3 Å². The molecule has 0 aromatic carbocycles. The molecule has 9 nitrogen and oxygen atoms in total. The highest BCUT2D eigenvalue weighted by atomic mass is 16.5. The number of amides is 4. The predicted octanol–water partition coefficient (Wildman–Crippen LogP) is 0.826. The van der Waals surface area contributed by atoms with Crippen molar-refractivity contribution in [2.24, 2.45) is 16.7 Å². The number of nitrogens with one attached hydrogen (secondary N) is 2. The van der Waals surface area contributed by atoms with Crippen molar-refractivity contribution in [3.63, 3.8) is 0 Å². The lowest BCUT2D eigenvalue weighted by atomic mass is 9.89. The smallest absolute Gasteiger partial charge is 0.253 e. The summed E-state index contributed by atoms with van der Waals surface area (Å²) in [6.07, 6.45) is 3.24. The molecule has 1 aliphatic rings. The zero-order chi connectivity index (χ0) is 23.8. The summed E-state index contributed by atoms with van der Waals surface area (Å²) >= 11 is 0. The zero-order valence-corrected chi connectivity index (χ0v) is 19.3. The van der Waals surface area contributed by atoms with Gasteiger partial charge in [0.2, 0.25) is 11.8 Å². The van der Waals surface area contributed by atoms with E-state index < -0.39 is 22.8 Å². The first-order chi connectivity index (χ1) is 14.3. The lowest BCUT2D eigenvalue weighted by Gasteiger charge is -2.31. The molecule has 0 spiro atoms. The van der Waals surface area contributed by atoms with Gasteiger partial charge in [-0.2, -0.15) is 0 Å². The fourth-order valence-corrected chi connectivity index (χ4v) is 3.16. The molecule has 1 aliphatic heterocycles. The van der Waals surface area contributed by atoms with Gasteiger partial charge in [0, 0.05) is 30.5 Å². The van der Waals surface area contributed by atoms with Crippen LogP contribution in [0.4, 0.5) is 0 Å². The topological polar surface area (TPSA) is 122 Å². The van der Waals surface area contributed by atoms with Crippen LogP contribution in [-0.4, -0.2) is 67.2 Å². The number of hydrogen-bond acceptors (Lipinski definition) is 6. The molecule has 1 heterocycles. The summed E-state index contributed by atoms with van der Waals surface area (Å²) in [5.74, 6) is -1.47. The molecular weight excluding hydrogens is 402 g/mol. The van der Waals surface area contributed by atoms with Gasteiger partial charge in [-0.25, -0.2) is 0 Å². The number of carbonyl (C=O) groups is 5. The van der Waals surface area contributed by atoms with Gasteiger partial charge in [0.1, 0.15) is 12.3 Å². The molecule has 0 aliphatic carbocycles. The fourth-order valence-electron chi connectivity index (χ4n) is 3.16. The largest absolute Gasteiger partial charge is 0.380 e. The first-order valence-corrected chi connectivity index (χ1v) is 10.4. The second kappa shape index (κ2) is 11.2. The van der Waals surface area contributed by atoms with E-state index in [1.165, 1.54) is 17.1 Å². The summed E-state index contributed by atoms with van der Waals surface area (Å²) in [5.41, 5.74) is -0.948. The summed E-state index contributed by atoms with van der Waals surface area (Å²) < 4.78 is 5.83. The third-order valence-electron chi connectivity index (χ3n) is 4.74. The van der Waals surface area contributed by atoms with Gasteiger partial charge in [0.05, 0.1) is 19.8 Å². The van der Waals surface area contributed by atoms with Crippen LogP contribution in [0.3, 0.4) is 0 Å². The van der Waals surface area contributed by atoms with Crippen LogP contribution < -0.4 is 10.6 Å². The number of rotatable bonds is 13. The normalized spacial score (nSPS) is 15.4. The Balaban J connectivity index is 2.53. The van der Waals surface area contributed by atoms with Crippen molar-refractivity contribution >= 4 is 29.9 Å². The van der Waals surface area contributed by atoms with Crippen LogP contribution in [0.25, 0.3) is 0 Å². The van der Waals surface area contributed by atoms with Gasteiger partial charge in [-0.15, -0.1) is 0 Å². The minimum atomic E-state index is -0.729. The van der Waals surface area contributed by atoms with E-state index in [0.29, 0.717) is 12.9 Å². The summed E-state index contributed by atoms with van der Waals surface area (Å²) in [5, 5.41) is 5.20. The second-order valence-corrected chi connectivity index (χ2v) is 9.79. The van der Waals surface area contributed by atoms with Gasteiger partial charge in [-0.05, 0) is 11.3 Å². The van der Waals surface area contributed by atoms with Gasteiger partial charge in [0.25, 0.3) is 11.8 Å². The van der Waals surface area contributed by atoms with Gasteiger partial charge in [-0.1, -0.05) is 41.5 Å². The molecule has 0 fully saturated rings. The molecule has 1 atom stereocenters. The molecule has 1 rings (SSSR count). The third kappa shape index (κ3) is 9.00. The van der Waals surface area contributed by atoms with Gasteiger partial charge in [0.15, 0.2) is 0 Å². The highest BCUT2D eigenvalue weighted by Gasteiger charge is 2.32. The highest BCUT2D eigenvalue weighted by molar-refractivity contribution is 6.12. The number of nitrogens with zero attached hydrogens (tertiary/aromatic N) is 1. The van der Waals surface area contributed by atoms with Gasteiger partial charge >= 0.3 is 0 Å². The molecule has 0 saturated heterocycles. The molecule has 0 aromatic rings. The van der Waals surface area contributed by atoms with Crippen LogP contribution in [0.2, 0.25) is 0 Å². The maximum Gasteiger partial charge on any atom is 0.253 e. The number of imide groups is 1. The average Bonchev–Trinajstić information content (AvgIpc) is 2.94. The minimum absolute atomic E-state index is 0.0995. The molecule has 2 N–H and O–H groups in total. The standard InChI is InChI=1S/C22H35N3O6/c1-15(2)19(20(30)23-9-10-26)24-16(27)11-21(3,4)13-31-14-22(5,6)12-25-17(28)7-8-18(25)29/h7-8,10,15,19H,9,11-14H2,1-6H3,(H,23,30)(H,24,27). The monoisotopic (exact) mass is 437 g/mol. The summed E-state index contributed by atoms with van der Waals surface area (Å²) in [4.78, 5) is 59.8. The summed E-state index contributed by atoms with van der Waals surface area (Å²) in [7, 11) is 0. The SMILES string of the molecule is CC(C)C(NC(=O)CC(C)(C)COCC(C)(C)CN1C(=O)C=CC1=O)C(=O)NCC=O. The van der Waals surface area contributed by atoms with E-state index in [2.05, 4.69) is 10.6 Å². The lowest BCUT2D eigenvalue weighted by Crippen LogP contribution is -2.50. The first-order valence-electron chi connectivity index (χ1n) is 10.4. The molecular formula is C22H35N3O6. The Morgan fingerprint density at radius 1 is 1.06 bits per heavy atom. The van der Waals surface area contributed by atoms with Crippen molar-refractivity contribution in [3.8, 4) is 0 Å². The number of carbonyl (C=O) groups excluding carboxylic acids is 5. The van der Waals surface area contributed by atoms with E-state index in [1.54, 1.807) is 0 Å². The van der Waals surface area contributed by atoms with Crippen LogP contribution >= 0.6 is 0 Å². The molecule has 0 radical (unpaired) electrons. The Bertz CT molecular complexity index is 709. The van der Waals surface area contributed by atoms with Crippen molar-refractivity contribution in [2.45, 2.75) is 54.0 Å². The maximum absolute atomic E-state index is 12.5. The van der Waals surface area contributed by atoms with Gasteiger partial charge in [-0.3, -0.25) is 24.1 Å². The fraction of sp³-hybridized carbons (Fsp3) is 0.682. The predicted molar refractivity (Wildman–Crippen MR) is 115 cm³/mol. The van der Waals surface area contributed by atoms with Crippen molar-refractivity contribution in [1.29, 1.82) is 0 Å². The highest BCUT2D eigenvalue weighted by Crippen LogP contribution is 2.24. The van der Waals surface area contributed by atoms with Crippen molar-refractivity contribution < 1.29 is 28.7 Å². The van der Waals surface area contributed by atoms with Crippen LogP contribution in [0, 0.1) is 16.7 Å². The lowest BCUT2D eigenvalue weighted by molar-refractivity contribution is -0.139. The van der Waals surface area contributed by atoms with Gasteiger partial charge < -0.3 is 20.2 Å². The number of aldehydes is 1. The first kappa shape index (κ1) is 26.5. The van der Waals surface area contributed by atoms with Crippen molar-refractivity contribution in [1.82, 2.24) is 15.5 Å². The minimum Gasteiger partial charge on any atom is -0.380 e. The van der Waals surface area contributed by atoms with Crippen LogP contribution in [0.15, 0.2) is 12.2 Å². The Hall–Kier alpha value is -2.55. The van der Waals surface area contributed by atoms with E-state index >= 15 is 0 Å². The molecule has 174 valence electrons. The Morgan fingerprint density at radius 3 is 2.13 bits per heavy atom. The van der Waals surface area contributed by atoms with Crippen LogP contribution in [0.5, 0.6) is 0 Å². The average molecular weight is 438 g/mol. The molecule has 31 heavy (non-hydrogen) atoms. The van der Waals surface area contributed by atoms with E-state index in [0.717, 1.165) is 0 Å². The van der Waals surface area contributed by atoms with E-state index in [1.807, 2.05) is 41.5 Å². The molecule has 1 unspecified atom stereocenters. The Kier molecular flexibility index (Phi) is 9.55. The number of hydrogen-bond donors (Lipinski definition) is 2. The van der Waals surface area contributed by atoms with E-state index in [4.69, 9.17) is 4.74 Å². The second-order valence-electron chi connectivity index (χ2n) is 9.79. The van der Waals surface area contributed by atoms with E-state index in [-0.39, 0.29) is 49.8 Å². The number of ether oxygens (including phenoxy) is 1. The Morgan fingerprint density at radius 2 is 1.61 bits per heavy atom. The van der Waals surface area contributed by atoms with Crippen LogP contribution in [-0.2, 0) is 28.7 Å². The van der Waals surface area contributed by atoms with Crippen LogP contribution in [0.1, 0.15) is 48.0 Å².